The highest BCUT2D eigenvalue weighted by atomic mass is 16.2. The van der Waals surface area contributed by atoms with Gasteiger partial charge in [0.15, 0.2) is 5.69 Å². The summed E-state index contributed by atoms with van der Waals surface area (Å²) in [5.41, 5.74) is 5.82. The van der Waals surface area contributed by atoms with Crippen LogP contribution in [0.15, 0.2) is 39.9 Å². The fourth-order valence-corrected chi connectivity index (χ4v) is 4.52. The number of aromatic nitrogens is 2. The molecule has 1 saturated heterocycles. The van der Waals surface area contributed by atoms with Crippen LogP contribution < -0.4 is 27.2 Å². The number of nitrogens with one attached hydrogen (secondary N) is 2. The zero-order valence-corrected chi connectivity index (χ0v) is 20.9. The second kappa shape index (κ2) is 11.1. The minimum Gasteiger partial charge on any atom is -0.383 e. The number of nitrogens with zero attached hydrogens (tertiary/aromatic N) is 4. The molecule has 0 radical (unpaired) electrons. The van der Waals surface area contributed by atoms with Crippen molar-refractivity contribution in [2.75, 3.05) is 49.9 Å². The Balaban J connectivity index is 1.42. The van der Waals surface area contributed by atoms with Crippen LogP contribution in [0.4, 0.5) is 11.5 Å². The first-order valence-electron chi connectivity index (χ1n) is 12.5. The summed E-state index contributed by atoms with van der Waals surface area (Å²) in [6.07, 6.45) is 2.11. The van der Waals surface area contributed by atoms with E-state index in [0.717, 1.165) is 18.4 Å². The zero-order chi connectivity index (χ0) is 25.8. The molecule has 4 N–H and O–H groups in total. The Labute approximate surface area is 209 Å². The molecule has 2 aliphatic rings. The van der Waals surface area contributed by atoms with Crippen LogP contribution in [-0.4, -0.2) is 82.5 Å². The molecule has 0 spiro atoms. The highest BCUT2D eigenvalue weighted by Gasteiger charge is 2.31. The van der Waals surface area contributed by atoms with E-state index in [1.807, 2.05) is 42.2 Å². The number of carbonyl (C=O) groups is 2. The summed E-state index contributed by atoms with van der Waals surface area (Å²) in [6, 6.07) is 9.41. The Morgan fingerprint density at radius 2 is 1.81 bits per heavy atom. The molecule has 2 aromatic rings. The molecule has 4 rings (SSSR count). The van der Waals surface area contributed by atoms with Gasteiger partial charge < -0.3 is 16.0 Å². The zero-order valence-electron chi connectivity index (χ0n) is 20.9. The predicted octanol–water partition coefficient (Wildman–Crippen LogP) is -0.195. The number of likely N-dealkylation sites (N-methyl/N-ethyl adjacent to an activating group) is 1. The number of nitrogens with two attached hydrogens (primary N) is 1. The maximum Gasteiger partial charge on any atom is 0.330 e. The molecule has 11 nitrogen and oxygen atoms in total. The molecule has 36 heavy (non-hydrogen) atoms. The summed E-state index contributed by atoms with van der Waals surface area (Å²) in [4.78, 5) is 58.6. The number of anilines is 2. The highest BCUT2D eigenvalue weighted by molar-refractivity contribution is 5.96. The molecule has 2 amide bonds. The van der Waals surface area contributed by atoms with Gasteiger partial charge in [0.1, 0.15) is 5.82 Å². The van der Waals surface area contributed by atoms with Gasteiger partial charge in [0.25, 0.3) is 5.56 Å². The van der Waals surface area contributed by atoms with Crippen LogP contribution in [0.1, 0.15) is 32.3 Å². The number of carbonyl (C=O) groups excluding carboxylic acids is 2. The van der Waals surface area contributed by atoms with Crippen LogP contribution in [0, 0.1) is 0 Å². The van der Waals surface area contributed by atoms with E-state index in [2.05, 4.69) is 15.2 Å². The molecule has 2 heterocycles. The van der Waals surface area contributed by atoms with Gasteiger partial charge in [-0.05, 0) is 32.3 Å². The normalized spacial score (nSPS) is 17.5. The minimum atomic E-state index is -0.683. The van der Waals surface area contributed by atoms with Crippen molar-refractivity contribution in [3.8, 4) is 0 Å². The fraction of sp³-hybridized carbons (Fsp3) is 0.520. The summed E-state index contributed by atoms with van der Waals surface area (Å²) in [7, 11) is 0. The number of piperazine rings is 1. The van der Waals surface area contributed by atoms with Gasteiger partial charge in [-0.1, -0.05) is 30.3 Å². The largest absolute Gasteiger partial charge is 0.383 e. The quantitative estimate of drug-likeness (QED) is 0.437. The van der Waals surface area contributed by atoms with Crippen LogP contribution in [0.2, 0.25) is 0 Å². The van der Waals surface area contributed by atoms with Gasteiger partial charge in [-0.15, -0.1) is 0 Å². The van der Waals surface area contributed by atoms with Crippen molar-refractivity contribution in [2.45, 2.75) is 45.3 Å². The maximum absolute atomic E-state index is 13.3. The molecule has 194 valence electrons. The minimum absolute atomic E-state index is 0.0120. The van der Waals surface area contributed by atoms with Crippen molar-refractivity contribution in [3.05, 3.63) is 56.7 Å². The Kier molecular flexibility index (Phi) is 7.90. The van der Waals surface area contributed by atoms with E-state index in [9.17, 15) is 19.2 Å². The number of amides is 2. The Morgan fingerprint density at radius 1 is 1.14 bits per heavy atom. The smallest absolute Gasteiger partial charge is 0.330 e. The van der Waals surface area contributed by atoms with Crippen molar-refractivity contribution in [2.24, 2.45) is 0 Å². The van der Waals surface area contributed by atoms with Crippen molar-refractivity contribution in [1.82, 2.24) is 24.7 Å². The summed E-state index contributed by atoms with van der Waals surface area (Å²) in [6.45, 7) is 6.79. The monoisotopic (exact) mass is 497 g/mol. The lowest BCUT2D eigenvalue weighted by atomic mass is 10.2. The van der Waals surface area contributed by atoms with Crippen LogP contribution in [0.3, 0.4) is 0 Å². The van der Waals surface area contributed by atoms with E-state index in [1.54, 1.807) is 6.92 Å². The number of rotatable bonds is 9. The molecule has 1 atom stereocenters. The van der Waals surface area contributed by atoms with Gasteiger partial charge in [0.05, 0.1) is 19.1 Å². The van der Waals surface area contributed by atoms with Gasteiger partial charge in [0.2, 0.25) is 11.8 Å². The summed E-state index contributed by atoms with van der Waals surface area (Å²) in [5, 5.41) is 3.05. The van der Waals surface area contributed by atoms with Crippen LogP contribution in [0.25, 0.3) is 0 Å². The molecule has 0 bridgehead atoms. The SMILES string of the molecule is CCN(C(=O)CN1CCN(C(C)C(=O)NC2CC2)CC1)c1c(N)n(Cc2ccccc2)c(=O)[nH]c1=O. The van der Waals surface area contributed by atoms with E-state index >= 15 is 0 Å². The van der Waals surface area contributed by atoms with Gasteiger partial charge in [-0.25, -0.2) is 4.79 Å². The fourth-order valence-electron chi connectivity index (χ4n) is 4.52. The van der Waals surface area contributed by atoms with Crippen LogP contribution >= 0.6 is 0 Å². The van der Waals surface area contributed by atoms with Crippen LogP contribution in [0.5, 0.6) is 0 Å². The predicted molar refractivity (Wildman–Crippen MR) is 138 cm³/mol. The van der Waals surface area contributed by atoms with E-state index in [1.165, 1.54) is 9.47 Å². The second-order valence-corrected chi connectivity index (χ2v) is 9.47. The lowest BCUT2D eigenvalue weighted by molar-refractivity contribution is -0.127. The highest BCUT2D eigenvalue weighted by Crippen LogP contribution is 2.20. The molecular weight excluding hydrogens is 462 g/mol. The number of H-pyrrole nitrogens is 1. The summed E-state index contributed by atoms with van der Waals surface area (Å²) < 4.78 is 1.27. The molecule has 1 aromatic carbocycles. The standard InChI is InChI=1S/C25H35N7O4/c1-3-31(21-22(26)32(25(36)28-24(21)35)15-18-7-5-4-6-8-18)20(33)16-29-11-13-30(14-12-29)17(2)23(34)27-19-9-10-19/h4-8,17,19H,3,9-16,26H2,1-2H3,(H,27,34)(H,28,35,36). The van der Waals surface area contributed by atoms with Gasteiger partial charge >= 0.3 is 5.69 Å². The molecule has 1 aliphatic carbocycles. The topological polar surface area (TPSA) is 137 Å². The number of benzene rings is 1. The third-order valence-corrected chi connectivity index (χ3v) is 6.90. The van der Waals surface area contributed by atoms with Crippen molar-refractivity contribution >= 4 is 23.3 Å². The Bertz CT molecular complexity index is 1200. The first-order chi connectivity index (χ1) is 17.3. The van der Waals surface area contributed by atoms with Gasteiger partial charge in [-0.3, -0.25) is 33.7 Å². The average Bonchev–Trinajstić information content (AvgIpc) is 3.69. The molecule has 1 aliphatic heterocycles. The maximum atomic E-state index is 13.3. The molecule has 1 aromatic heterocycles. The van der Waals surface area contributed by atoms with Crippen molar-refractivity contribution < 1.29 is 9.59 Å². The Hall–Kier alpha value is -3.44. The molecule has 1 saturated carbocycles. The first kappa shape index (κ1) is 25.6. The Morgan fingerprint density at radius 3 is 2.42 bits per heavy atom. The molecule has 2 fully saturated rings. The number of aromatic amines is 1. The van der Waals surface area contributed by atoms with Crippen molar-refractivity contribution in [1.29, 1.82) is 0 Å². The lowest BCUT2D eigenvalue weighted by Crippen LogP contribution is -2.55. The lowest BCUT2D eigenvalue weighted by Gasteiger charge is -2.37. The van der Waals surface area contributed by atoms with Gasteiger partial charge in [-0.2, -0.15) is 0 Å². The van der Waals surface area contributed by atoms with Gasteiger partial charge in [0, 0.05) is 38.8 Å². The molecular formula is C25H35N7O4. The first-order valence-corrected chi connectivity index (χ1v) is 12.5. The third kappa shape index (κ3) is 5.85. The summed E-state index contributed by atoms with van der Waals surface area (Å²) in [5.74, 6) is -0.254. The number of hydrogen-bond donors (Lipinski definition) is 3. The third-order valence-electron chi connectivity index (χ3n) is 6.90. The van der Waals surface area contributed by atoms with E-state index in [-0.39, 0.29) is 49.0 Å². The number of nitrogen functional groups attached to an aromatic ring is 1. The van der Waals surface area contributed by atoms with Crippen molar-refractivity contribution in [3.63, 3.8) is 0 Å². The van der Waals surface area contributed by atoms with E-state index in [4.69, 9.17) is 5.73 Å². The molecule has 1 unspecified atom stereocenters. The van der Waals surface area contributed by atoms with E-state index < -0.39 is 11.2 Å². The molecule has 11 heteroatoms. The van der Waals surface area contributed by atoms with E-state index in [0.29, 0.717) is 32.2 Å². The second-order valence-electron chi connectivity index (χ2n) is 9.47. The number of hydrogen-bond acceptors (Lipinski definition) is 7. The van der Waals surface area contributed by atoms with Crippen LogP contribution in [-0.2, 0) is 16.1 Å². The summed E-state index contributed by atoms with van der Waals surface area (Å²) >= 11 is 0. The average molecular weight is 498 g/mol.